The van der Waals surface area contributed by atoms with Crippen molar-refractivity contribution in [3.63, 3.8) is 0 Å². The number of fused-ring (bicyclic) bond motifs is 1. The summed E-state index contributed by atoms with van der Waals surface area (Å²) < 4.78 is 28.2. The van der Waals surface area contributed by atoms with Crippen molar-refractivity contribution < 1.29 is 18.7 Å². The van der Waals surface area contributed by atoms with Gasteiger partial charge in [-0.1, -0.05) is 35.6 Å². The number of benzene rings is 2. The Morgan fingerprint density at radius 2 is 1.94 bits per heavy atom. The Morgan fingerprint density at radius 1 is 1.19 bits per heavy atom. The number of aromatic nitrogens is 3. The van der Waals surface area contributed by atoms with E-state index in [-0.39, 0.29) is 48.0 Å². The zero-order chi connectivity index (χ0) is 33.5. The van der Waals surface area contributed by atoms with Crippen molar-refractivity contribution in [2.45, 2.75) is 57.2 Å². The fourth-order valence-corrected chi connectivity index (χ4v) is 6.64. The molecular formula is C35H31ClF2N6O3. The Labute approximate surface area is 275 Å². The highest BCUT2D eigenvalue weighted by Crippen LogP contribution is 2.41. The number of alkyl halides is 2. The maximum atomic E-state index is 13.9. The van der Waals surface area contributed by atoms with Gasteiger partial charge in [-0.2, -0.15) is 5.26 Å². The number of rotatable bonds is 6. The van der Waals surface area contributed by atoms with E-state index in [0.29, 0.717) is 52.0 Å². The lowest BCUT2D eigenvalue weighted by atomic mass is 9.85. The molecule has 1 saturated heterocycles. The van der Waals surface area contributed by atoms with Gasteiger partial charge in [0.1, 0.15) is 23.3 Å². The number of carboxylic acids is 1. The summed E-state index contributed by atoms with van der Waals surface area (Å²) in [6.07, 6.45) is 2.76. The number of aryl methyl sites for hydroxylation is 1. The SMILES string of the molecule is Cc1nc2cnc(N(C)C3CCN(C4CC(F)(F)C4)CC3)c(C#N)c2c(=O)n1CC#Cc1ccc(Cl)cc1-c1cccc(C(=O)O)c1. The van der Waals surface area contributed by atoms with Crippen molar-refractivity contribution in [2.24, 2.45) is 0 Å². The Kier molecular flexibility index (Phi) is 8.71. The van der Waals surface area contributed by atoms with Crippen LogP contribution in [0.15, 0.2) is 53.5 Å². The summed E-state index contributed by atoms with van der Waals surface area (Å²) in [5, 5.41) is 20.3. The predicted molar refractivity (Wildman–Crippen MR) is 175 cm³/mol. The summed E-state index contributed by atoms with van der Waals surface area (Å²) in [5.41, 5.74) is 2.03. The molecule has 0 bridgehead atoms. The molecule has 1 aliphatic carbocycles. The molecule has 47 heavy (non-hydrogen) atoms. The first-order valence-electron chi connectivity index (χ1n) is 15.2. The van der Waals surface area contributed by atoms with Crippen LogP contribution in [0.25, 0.3) is 22.0 Å². The number of hydrogen-bond acceptors (Lipinski definition) is 7. The van der Waals surface area contributed by atoms with E-state index < -0.39 is 17.5 Å². The van der Waals surface area contributed by atoms with Crippen molar-refractivity contribution in [3.8, 4) is 29.0 Å². The van der Waals surface area contributed by atoms with Crippen LogP contribution in [0.5, 0.6) is 0 Å². The van der Waals surface area contributed by atoms with Crippen LogP contribution in [0.2, 0.25) is 5.02 Å². The van der Waals surface area contributed by atoms with Crippen LogP contribution in [0.3, 0.4) is 0 Å². The number of aromatic carboxylic acids is 1. The molecule has 0 atom stereocenters. The van der Waals surface area contributed by atoms with Crippen LogP contribution in [-0.2, 0) is 6.54 Å². The molecule has 2 aromatic carbocycles. The largest absolute Gasteiger partial charge is 0.478 e. The highest BCUT2D eigenvalue weighted by Gasteiger charge is 2.48. The first kappa shape index (κ1) is 32.1. The lowest BCUT2D eigenvalue weighted by Gasteiger charge is -2.46. The number of nitrogens with zero attached hydrogens (tertiary/aromatic N) is 6. The normalized spacial score (nSPS) is 16.6. The molecule has 1 aliphatic heterocycles. The lowest BCUT2D eigenvalue weighted by Crippen LogP contribution is -2.55. The molecule has 3 heterocycles. The van der Waals surface area contributed by atoms with Crippen LogP contribution in [-0.4, -0.2) is 68.7 Å². The minimum atomic E-state index is -2.56. The Morgan fingerprint density at radius 3 is 2.62 bits per heavy atom. The van der Waals surface area contributed by atoms with E-state index in [0.717, 1.165) is 12.8 Å². The van der Waals surface area contributed by atoms with Crippen LogP contribution >= 0.6 is 11.6 Å². The molecule has 4 aromatic rings. The summed E-state index contributed by atoms with van der Waals surface area (Å²) in [5.74, 6) is 3.30. The fourth-order valence-electron chi connectivity index (χ4n) is 6.47. The van der Waals surface area contributed by atoms with Crippen LogP contribution < -0.4 is 10.5 Å². The number of carboxylic acid groups (broad SMARTS) is 1. The number of nitriles is 1. The second-order valence-corrected chi connectivity index (χ2v) is 12.5. The van der Waals surface area contributed by atoms with Gasteiger partial charge < -0.3 is 10.0 Å². The molecule has 1 N–H and O–H groups in total. The molecule has 0 spiro atoms. The number of hydrogen-bond donors (Lipinski definition) is 1. The average Bonchev–Trinajstić information content (AvgIpc) is 3.04. The number of likely N-dealkylation sites (tertiary alicyclic amines) is 1. The second-order valence-electron chi connectivity index (χ2n) is 12.1. The molecular weight excluding hydrogens is 626 g/mol. The zero-order valence-corrected chi connectivity index (χ0v) is 26.6. The summed E-state index contributed by atoms with van der Waals surface area (Å²) in [4.78, 5) is 38.5. The Balaban J connectivity index is 1.27. The van der Waals surface area contributed by atoms with E-state index in [4.69, 9.17) is 11.6 Å². The van der Waals surface area contributed by atoms with Gasteiger partial charge in [0.05, 0.1) is 29.2 Å². The van der Waals surface area contributed by atoms with Gasteiger partial charge in [0.2, 0.25) is 0 Å². The van der Waals surface area contributed by atoms with Gasteiger partial charge in [0.25, 0.3) is 11.5 Å². The van der Waals surface area contributed by atoms with E-state index in [1.165, 1.54) is 16.8 Å². The third kappa shape index (κ3) is 6.42. The molecule has 2 aliphatic rings. The first-order chi connectivity index (χ1) is 22.5. The summed E-state index contributed by atoms with van der Waals surface area (Å²) in [7, 11) is 1.84. The third-order valence-electron chi connectivity index (χ3n) is 9.11. The van der Waals surface area contributed by atoms with E-state index >= 15 is 0 Å². The van der Waals surface area contributed by atoms with Crippen molar-refractivity contribution in [2.75, 3.05) is 25.0 Å². The lowest BCUT2D eigenvalue weighted by molar-refractivity contribution is -0.127. The maximum absolute atomic E-state index is 13.9. The van der Waals surface area contributed by atoms with Crippen molar-refractivity contribution >= 4 is 34.3 Å². The summed E-state index contributed by atoms with van der Waals surface area (Å²) >= 11 is 6.27. The van der Waals surface area contributed by atoms with Gasteiger partial charge in [-0.3, -0.25) is 14.3 Å². The van der Waals surface area contributed by atoms with Crippen LogP contribution in [0.4, 0.5) is 14.6 Å². The molecule has 0 radical (unpaired) electrons. The number of piperidine rings is 1. The zero-order valence-electron chi connectivity index (χ0n) is 25.8. The van der Waals surface area contributed by atoms with Gasteiger partial charge in [0, 0.05) is 55.6 Å². The molecule has 0 unspecified atom stereocenters. The predicted octanol–water partition coefficient (Wildman–Crippen LogP) is 5.74. The molecule has 2 fully saturated rings. The van der Waals surface area contributed by atoms with E-state index in [1.807, 2.05) is 11.9 Å². The second kappa shape index (κ2) is 12.7. The van der Waals surface area contributed by atoms with Gasteiger partial charge >= 0.3 is 5.97 Å². The maximum Gasteiger partial charge on any atom is 0.335 e. The summed E-state index contributed by atoms with van der Waals surface area (Å²) in [6.45, 7) is 3.03. The molecule has 9 nitrogen and oxygen atoms in total. The van der Waals surface area contributed by atoms with Gasteiger partial charge in [0.15, 0.2) is 0 Å². The average molecular weight is 657 g/mol. The highest BCUT2D eigenvalue weighted by atomic mass is 35.5. The molecule has 0 amide bonds. The van der Waals surface area contributed by atoms with E-state index in [1.54, 1.807) is 43.3 Å². The smallest absolute Gasteiger partial charge is 0.335 e. The minimum absolute atomic E-state index is 0.0120. The number of halogens is 3. The first-order valence-corrected chi connectivity index (χ1v) is 15.6. The fraction of sp³-hybridized carbons (Fsp3) is 0.343. The topological polar surface area (TPSA) is 115 Å². The monoisotopic (exact) mass is 656 g/mol. The summed E-state index contributed by atoms with van der Waals surface area (Å²) in [6, 6.07) is 13.7. The van der Waals surface area contributed by atoms with Crippen molar-refractivity contribution in [1.29, 1.82) is 5.26 Å². The van der Waals surface area contributed by atoms with Crippen molar-refractivity contribution in [1.82, 2.24) is 19.4 Å². The Hall–Kier alpha value is -4.84. The quantitative estimate of drug-likeness (QED) is 0.261. The third-order valence-corrected chi connectivity index (χ3v) is 9.35. The molecule has 2 aromatic heterocycles. The molecule has 12 heteroatoms. The van der Waals surface area contributed by atoms with E-state index in [9.17, 15) is 28.7 Å². The van der Waals surface area contributed by atoms with Crippen LogP contribution in [0.1, 0.15) is 53.0 Å². The number of anilines is 1. The molecule has 6 rings (SSSR count). The highest BCUT2D eigenvalue weighted by molar-refractivity contribution is 6.31. The van der Waals surface area contributed by atoms with Gasteiger partial charge in [-0.05, 0) is 61.2 Å². The van der Waals surface area contributed by atoms with E-state index in [2.05, 4.69) is 32.8 Å². The molecule has 240 valence electrons. The van der Waals surface area contributed by atoms with Gasteiger partial charge in [-0.25, -0.2) is 23.5 Å². The molecule has 1 saturated carbocycles. The minimum Gasteiger partial charge on any atom is -0.478 e. The number of pyridine rings is 1. The van der Waals surface area contributed by atoms with Crippen LogP contribution in [0, 0.1) is 30.1 Å². The standard InChI is InChI=1S/C35H31ClF2N6O3/c1-21-41-30-20-40-32(42(2)26-10-13-43(14-11-26)27-17-35(37,38)18-27)29(19-39)31(30)33(45)44(21)12-4-7-22-8-9-25(36)16-28(22)23-5-3-6-24(15-23)34(46)47/h3,5-6,8-9,15-16,20,26-27H,10-14,17-18H2,1-2H3,(H,46,47). The Bertz CT molecular complexity index is 2050. The van der Waals surface area contributed by atoms with Gasteiger partial charge in [-0.15, -0.1) is 0 Å². The number of carbonyl (C=O) groups is 1. The van der Waals surface area contributed by atoms with Crippen molar-refractivity contribution in [3.05, 3.63) is 86.6 Å².